The molecule has 0 aliphatic carbocycles. The van der Waals surface area contributed by atoms with Crippen LogP contribution in [-0.4, -0.2) is 29.7 Å². The first-order chi connectivity index (χ1) is 20.6. The van der Waals surface area contributed by atoms with E-state index in [1.807, 2.05) is 6.07 Å². The molecule has 0 saturated heterocycles. The second-order valence-electron chi connectivity index (χ2n) is 8.46. The number of carbonyl (C=O) groups excluding carboxylic acids is 3. The van der Waals surface area contributed by atoms with E-state index in [-0.39, 0.29) is 47.9 Å². The first kappa shape index (κ1) is 31.1. The Labute approximate surface area is 254 Å². The number of esters is 2. The number of nitrogens with one attached hydrogen (secondary N) is 2. The van der Waals surface area contributed by atoms with E-state index in [1.165, 1.54) is 38.9 Å². The summed E-state index contributed by atoms with van der Waals surface area (Å²) in [6.07, 6.45) is -0.283. The van der Waals surface area contributed by atoms with Crippen molar-refractivity contribution in [2.24, 2.45) is 0 Å². The highest BCUT2D eigenvalue weighted by Crippen LogP contribution is 2.31. The molecule has 0 bridgehead atoms. The van der Waals surface area contributed by atoms with Crippen molar-refractivity contribution in [3.8, 4) is 21.9 Å². The summed E-state index contributed by atoms with van der Waals surface area (Å²) < 4.78 is 38.6. The van der Waals surface area contributed by atoms with Gasteiger partial charge in [-0.1, -0.05) is 32.9 Å². The summed E-state index contributed by atoms with van der Waals surface area (Å²) >= 11 is 5.16. The molecule has 16 heteroatoms. The van der Waals surface area contributed by atoms with E-state index in [9.17, 15) is 33.3 Å². The number of benzene rings is 3. The Bertz CT molecular complexity index is 1730. The van der Waals surface area contributed by atoms with Crippen LogP contribution in [0.5, 0.6) is 11.5 Å². The number of hydrogen-bond acceptors (Lipinski definition) is 11. The standard InChI is InChI=1S/C27H19F2N3O8S3/c28-16-5-9-21(20(29)12-16)31-27(35)30-17-6-10-22(40-24(33)2-1-11-38-32(36)37)19(13-17)26(34)39-18-7-3-15(4-8-18)23-14-25(41)43-42-23/h3-10,12-14H,1-2,11H2,(H2,30,31,35). The normalized spacial score (nSPS) is 10.5. The Morgan fingerprint density at radius 2 is 1.70 bits per heavy atom. The van der Waals surface area contributed by atoms with Gasteiger partial charge in [0, 0.05) is 23.1 Å². The molecular formula is C27H19F2N3O8S3. The quantitative estimate of drug-likeness (QED) is 0.0327. The number of amides is 2. The van der Waals surface area contributed by atoms with Crippen molar-refractivity contribution in [1.82, 2.24) is 0 Å². The number of hydrogen-bond donors (Lipinski definition) is 2. The molecule has 43 heavy (non-hydrogen) atoms. The monoisotopic (exact) mass is 647 g/mol. The molecule has 0 aliphatic heterocycles. The van der Waals surface area contributed by atoms with Gasteiger partial charge in [-0.2, -0.15) is 0 Å². The van der Waals surface area contributed by atoms with E-state index in [4.69, 9.17) is 21.7 Å². The highest BCUT2D eigenvalue weighted by atomic mass is 32.9. The third-order valence-corrected chi connectivity index (χ3v) is 8.30. The molecule has 0 unspecified atom stereocenters. The zero-order chi connectivity index (χ0) is 30.9. The summed E-state index contributed by atoms with van der Waals surface area (Å²) in [5.41, 5.74) is 0.365. The molecule has 0 spiro atoms. The Kier molecular flexibility index (Phi) is 10.4. The van der Waals surface area contributed by atoms with Gasteiger partial charge in [0.15, 0.2) is 0 Å². The Morgan fingerprint density at radius 1 is 0.930 bits per heavy atom. The maximum absolute atomic E-state index is 13.9. The molecule has 3 aromatic carbocycles. The minimum absolute atomic E-state index is 0.0242. The number of rotatable bonds is 11. The molecule has 0 aliphatic rings. The van der Waals surface area contributed by atoms with E-state index in [1.54, 1.807) is 24.3 Å². The van der Waals surface area contributed by atoms with Gasteiger partial charge in [0.05, 0.1) is 12.3 Å². The third kappa shape index (κ3) is 9.09. The summed E-state index contributed by atoms with van der Waals surface area (Å²) in [7, 11) is 2.96. The maximum atomic E-state index is 13.9. The number of anilines is 2. The Balaban J connectivity index is 1.51. The molecule has 222 valence electrons. The Hall–Kier alpha value is -4.80. The lowest BCUT2D eigenvalue weighted by Gasteiger charge is -2.13. The first-order valence-corrected chi connectivity index (χ1v) is 14.7. The molecule has 4 aromatic rings. The first-order valence-electron chi connectivity index (χ1n) is 12.2. The minimum atomic E-state index is -0.999. The fraction of sp³-hybridized carbons (Fsp3) is 0.111. The van der Waals surface area contributed by atoms with Gasteiger partial charge < -0.3 is 24.9 Å². The van der Waals surface area contributed by atoms with E-state index in [0.717, 1.165) is 26.4 Å². The van der Waals surface area contributed by atoms with Crippen molar-refractivity contribution in [2.75, 3.05) is 17.2 Å². The predicted molar refractivity (Wildman–Crippen MR) is 157 cm³/mol. The van der Waals surface area contributed by atoms with Crippen LogP contribution in [0, 0.1) is 25.6 Å². The molecule has 1 aromatic heterocycles. The van der Waals surface area contributed by atoms with E-state index in [0.29, 0.717) is 6.07 Å². The van der Waals surface area contributed by atoms with Gasteiger partial charge in [0.1, 0.15) is 32.5 Å². The highest BCUT2D eigenvalue weighted by Gasteiger charge is 2.20. The van der Waals surface area contributed by atoms with Crippen LogP contribution in [0.1, 0.15) is 23.2 Å². The van der Waals surface area contributed by atoms with E-state index < -0.39 is 34.7 Å². The fourth-order valence-corrected chi connectivity index (χ4v) is 5.89. The number of urea groups is 1. The van der Waals surface area contributed by atoms with Crippen LogP contribution in [-0.2, 0) is 9.63 Å². The molecule has 11 nitrogen and oxygen atoms in total. The number of ether oxygens (including phenoxy) is 2. The van der Waals surface area contributed by atoms with Gasteiger partial charge in [-0.3, -0.25) is 4.79 Å². The van der Waals surface area contributed by atoms with Crippen LogP contribution in [0.2, 0.25) is 0 Å². The zero-order valence-electron chi connectivity index (χ0n) is 21.7. The number of halogens is 2. The summed E-state index contributed by atoms with van der Waals surface area (Å²) in [6, 6.07) is 13.8. The maximum Gasteiger partial charge on any atom is 0.347 e. The molecule has 0 radical (unpaired) electrons. The average molecular weight is 648 g/mol. The van der Waals surface area contributed by atoms with Crippen LogP contribution >= 0.6 is 32.9 Å². The van der Waals surface area contributed by atoms with E-state index in [2.05, 4.69) is 15.5 Å². The lowest BCUT2D eigenvalue weighted by molar-refractivity contribution is -0.757. The van der Waals surface area contributed by atoms with Crippen LogP contribution in [0.15, 0.2) is 66.7 Å². The second-order valence-corrected chi connectivity index (χ2v) is 11.4. The van der Waals surface area contributed by atoms with Crippen LogP contribution < -0.4 is 20.1 Å². The van der Waals surface area contributed by atoms with Crippen LogP contribution in [0.25, 0.3) is 10.4 Å². The zero-order valence-corrected chi connectivity index (χ0v) is 24.1. The minimum Gasteiger partial charge on any atom is -0.426 e. The van der Waals surface area contributed by atoms with Gasteiger partial charge in [-0.05, 0) is 72.6 Å². The molecule has 2 N–H and O–H groups in total. The SMILES string of the molecule is O=C(Nc1ccc(OC(=O)CCCO[N+](=O)[O-])c(C(=O)Oc2ccc(-c3cc(=S)ss3)cc2)c1)Nc1ccc(F)cc1F. The number of nitrogens with zero attached hydrogens (tertiary/aromatic N) is 1. The van der Waals surface area contributed by atoms with Crippen LogP contribution in [0.4, 0.5) is 25.0 Å². The average Bonchev–Trinajstić information content (AvgIpc) is 3.40. The summed E-state index contributed by atoms with van der Waals surface area (Å²) in [5.74, 6) is -3.62. The Morgan fingerprint density at radius 3 is 2.37 bits per heavy atom. The van der Waals surface area contributed by atoms with Gasteiger partial charge in [0.25, 0.3) is 5.09 Å². The topological polar surface area (TPSA) is 146 Å². The largest absolute Gasteiger partial charge is 0.426 e. The van der Waals surface area contributed by atoms with Gasteiger partial charge in [-0.25, -0.2) is 18.4 Å². The molecule has 0 fully saturated rings. The molecule has 4 rings (SSSR count). The van der Waals surface area contributed by atoms with Crippen molar-refractivity contribution >= 4 is 62.2 Å². The van der Waals surface area contributed by atoms with Crippen LogP contribution in [0.3, 0.4) is 0 Å². The van der Waals surface area contributed by atoms with Gasteiger partial charge >= 0.3 is 18.0 Å². The highest BCUT2D eigenvalue weighted by molar-refractivity contribution is 7.80. The smallest absolute Gasteiger partial charge is 0.347 e. The lowest BCUT2D eigenvalue weighted by atomic mass is 10.1. The molecule has 0 atom stereocenters. The molecule has 2 amide bonds. The second kappa shape index (κ2) is 14.4. The van der Waals surface area contributed by atoms with Crippen molar-refractivity contribution in [1.29, 1.82) is 0 Å². The molecular weight excluding hydrogens is 629 g/mol. The molecule has 1 heterocycles. The lowest BCUT2D eigenvalue weighted by Crippen LogP contribution is -2.21. The van der Waals surface area contributed by atoms with Gasteiger partial charge in [0.2, 0.25) is 0 Å². The van der Waals surface area contributed by atoms with Crippen molar-refractivity contribution < 1.29 is 42.6 Å². The fourth-order valence-electron chi connectivity index (χ4n) is 3.48. The summed E-state index contributed by atoms with van der Waals surface area (Å²) in [6.45, 7) is -0.334. The third-order valence-electron chi connectivity index (χ3n) is 5.39. The summed E-state index contributed by atoms with van der Waals surface area (Å²) in [5, 5.41) is 13.9. The summed E-state index contributed by atoms with van der Waals surface area (Å²) in [4.78, 5) is 53.4. The number of carbonyl (C=O) groups is 3. The van der Waals surface area contributed by atoms with Crippen molar-refractivity contribution in [3.63, 3.8) is 0 Å². The van der Waals surface area contributed by atoms with Crippen molar-refractivity contribution in [3.05, 3.63) is 97.9 Å². The van der Waals surface area contributed by atoms with Gasteiger partial charge in [-0.15, -0.1) is 10.1 Å². The van der Waals surface area contributed by atoms with E-state index >= 15 is 0 Å². The molecule has 0 saturated carbocycles. The van der Waals surface area contributed by atoms with Crippen molar-refractivity contribution in [2.45, 2.75) is 12.8 Å². The predicted octanol–water partition coefficient (Wildman–Crippen LogP) is 7.24.